The van der Waals surface area contributed by atoms with Crippen molar-refractivity contribution in [2.75, 3.05) is 11.9 Å². The summed E-state index contributed by atoms with van der Waals surface area (Å²) in [7, 11) is 1.88. The van der Waals surface area contributed by atoms with E-state index in [9.17, 15) is 4.79 Å². The number of rotatable bonds is 4. The number of anilines is 1. The summed E-state index contributed by atoms with van der Waals surface area (Å²) in [6.45, 7) is 0.481. The lowest BCUT2D eigenvalue weighted by Crippen LogP contribution is -2.33. The Morgan fingerprint density at radius 3 is 2.86 bits per heavy atom. The third kappa shape index (κ3) is 3.16. The van der Waals surface area contributed by atoms with Gasteiger partial charge in [-0.25, -0.2) is 9.78 Å². The maximum Gasteiger partial charge on any atom is 0.319 e. The fourth-order valence-electron chi connectivity index (χ4n) is 3.85. The first-order chi connectivity index (χ1) is 14.2. The highest BCUT2D eigenvalue weighted by molar-refractivity contribution is 5.90. The summed E-state index contributed by atoms with van der Waals surface area (Å²) in [5.41, 5.74) is 6.19. The first-order valence-electron chi connectivity index (χ1n) is 9.44. The Morgan fingerprint density at radius 1 is 1.10 bits per heavy atom. The van der Waals surface area contributed by atoms with Gasteiger partial charge in [0, 0.05) is 36.6 Å². The molecule has 2 aromatic heterocycles. The van der Waals surface area contributed by atoms with Gasteiger partial charge in [0.25, 0.3) is 0 Å². The molecule has 1 unspecified atom stereocenters. The summed E-state index contributed by atoms with van der Waals surface area (Å²) in [6.07, 6.45) is 7.43. The minimum Gasteiger partial charge on any atom is -0.335 e. The molecular weight excluding hydrogens is 364 g/mol. The van der Waals surface area contributed by atoms with Crippen LogP contribution in [0, 0.1) is 0 Å². The summed E-state index contributed by atoms with van der Waals surface area (Å²) in [5, 5.41) is 10.1. The smallest absolute Gasteiger partial charge is 0.319 e. The zero-order valence-electron chi connectivity index (χ0n) is 15.9. The molecule has 2 amide bonds. The quantitative estimate of drug-likeness (QED) is 0.564. The Bertz CT molecular complexity index is 1190. The van der Waals surface area contributed by atoms with Crippen molar-refractivity contribution >= 4 is 11.7 Å². The average molecular weight is 384 g/mol. The van der Waals surface area contributed by atoms with Gasteiger partial charge in [0.05, 0.1) is 30.5 Å². The van der Waals surface area contributed by atoms with E-state index in [1.807, 2.05) is 62.2 Å². The predicted octanol–water partition coefficient (Wildman–Crippen LogP) is 3.68. The number of nitrogens with one attached hydrogen (secondary N) is 2. The van der Waals surface area contributed by atoms with E-state index in [-0.39, 0.29) is 12.1 Å². The minimum atomic E-state index is -0.237. The van der Waals surface area contributed by atoms with Gasteiger partial charge in [-0.3, -0.25) is 4.68 Å². The molecule has 2 aromatic carbocycles. The Morgan fingerprint density at radius 2 is 2.00 bits per heavy atom. The second kappa shape index (κ2) is 6.94. The molecule has 0 aliphatic carbocycles. The second-order valence-electron chi connectivity index (χ2n) is 7.11. The number of fused-ring (bicyclic) bond motifs is 3. The molecule has 144 valence electrons. The Kier molecular flexibility index (Phi) is 4.13. The van der Waals surface area contributed by atoms with E-state index in [2.05, 4.69) is 37.4 Å². The number of hydrogen-bond donors (Lipinski definition) is 2. The Labute approximate surface area is 168 Å². The van der Waals surface area contributed by atoms with E-state index in [4.69, 9.17) is 0 Å². The van der Waals surface area contributed by atoms with Gasteiger partial charge in [-0.15, -0.1) is 0 Å². The summed E-state index contributed by atoms with van der Waals surface area (Å²) < 4.78 is 3.86. The average Bonchev–Trinajstić information content (AvgIpc) is 3.43. The number of aryl methyl sites for hydroxylation is 1. The first kappa shape index (κ1) is 17.2. The Balaban J connectivity index is 1.28. The van der Waals surface area contributed by atoms with Crippen molar-refractivity contribution in [1.29, 1.82) is 0 Å². The van der Waals surface area contributed by atoms with Crippen molar-refractivity contribution in [3.05, 3.63) is 79.0 Å². The maximum absolute atomic E-state index is 12.5. The number of hydrogen-bond acceptors (Lipinski definition) is 3. The fraction of sp³-hybridized carbons (Fsp3) is 0.136. The third-order valence-corrected chi connectivity index (χ3v) is 5.21. The molecule has 7 heteroatoms. The van der Waals surface area contributed by atoms with Crippen molar-refractivity contribution < 1.29 is 4.79 Å². The van der Waals surface area contributed by atoms with Crippen LogP contribution in [0.1, 0.15) is 11.6 Å². The highest BCUT2D eigenvalue weighted by atomic mass is 16.2. The normalized spacial score (nSPS) is 14.3. The molecule has 0 spiro atoms. The van der Waals surface area contributed by atoms with Crippen LogP contribution in [0.15, 0.2) is 73.4 Å². The molecule has 7 nitrogen and oxygen atoms in total. The standard InChI is InChI=1S/C22H20N6O/c1-27-13-16(10-25-27)15-5-4-6-17(9-15)26-22(29)24-12-21-19-8-3-2-7-18(19)20-11-23-14-28(20)21/h2-11,13-14,21H,12H2,1H3,(H2,24,26,29). The monoisotopic (exact) mass is 384 g/mol. The zero-order valence-corrected chi connectivity index (χ0v) is 15.9. The SMILES string of the molecule is Cn1cc(-c2cccc(NC(=O)NCC3c4ccccc4-c4cncn43)c2)cn1. The minimum absolute atomic E-state index is 0.0381. The van der Waals surface area contributed by atoms with Gasteiger partial charge in [-0.05, 0) is 23.3 Å². The molecule has 4 aromatic rings. The van der Waals surface area contributed by atoms with Crippen LogP contribution < -0.4 is 10.6 Å². The van der Waals surface area contributed by atoms with Crippen molar-refractivity contribution in [2.45, 2.75) is 6.04 Å². The lowest BCUT2D eigenvalue weighted by atomic mass is 10.0. The van der Waals surface area contributed by atoms with Crippen LogP contribution in [0.25, 0.3) is 22.4 Å². The molecule has 1 atom stereocenters. The number of nitrogens with zero attached hydrogens (tertiary/aromatic N) is 4. The van der Waals surface area contributed by atoms with Gasteiger partial charge < -0.3 is 15.2 Å². The van der Waals surface area contributed by atoms with Gasteiger partial charge in [-0.2, -0.15) is 5.10 Å². The number of benzene rings is 2. The van der Waals surface area contributed by atoms with Gasteiger partial charge in [0.1, 0.15) is 0 Å². The van der Waals surface area contributed by atoms with Crippen molar-refractivity contribution in [3.63, 3.8) is 0 Å². The van der Waals surface area contributed by atoms with Crippen molar-refractivity contribution in [2.24, 2.45) is 7.05 Å². The lowest BCUT2D eigenvalue weighted by Gasteiger charge is -2.16. The summed E-state index contributed by atoms with van der Waals surface area (Å²) in [6, 6.07) is 15.8. The first-order valence-corrected chi connectivity index (χ1v) is 9.44. The maximum atomic E-state index is 12.5. The molecule has 0 saturated carbocycles. The highest BCUT2D eigenvalue weighted by Crippen LogP contribution is 2.38. The van der Waals surface area contributed by atoms with E-state index in [1.54, 1.807) is 10.9 Å². The lowest BCUT2D eigenvalue weighted by molar-refractivity contribution is 0.251. The van der Waals surface area contributed by atoms with Crippen LogP contribution in [0.3, 0.4) is 0 Å². The van der Waals surface area contributed by atoms with Gasteiger partial charge in [-0.1, -0.05) is 36.4 Å². The van der Waals surface area contributed by atoms with E-state index in [0.29, 0.717) is 6.54 Å². The van der Waals surface area contributed by atoms with Crippen LogP contribution in [0.2, 0.25) is 0 Å². The molecule has 29 heavy (non-hydrogen) atoms. The molecule has 3 heterocycles. The largest absolute Gasteiger partial charge is 0.335 e. The number of carbonyl (C=O) groups is 1. The molecule has 1 aliphatic heterocycles. The van der Waals surface area contributed by atoms with Gasteiger partial charge in [0.2, 0.25) is 0 Å². The van der Waals surface area contributed by atoms with E-state index in [0.717, 1.165) is 22.5 Å². The molecule has 2 N–H and O–H groups in total. The van der Waals surface area contributed by atoms with Crippen molar-refractivity contribution in [3.8, 4) is 22.4 Å². The second-order valence-corrected chi connectivity index (χ2v) is 7.11. The molecule has 0 radical (unpaired) electrons. The highest BCUT2D eigenvalue weighted by Gasteiger charge is 2.28. The van der Waals surface area contributed by atoms with Crippen molar-refractivity contribution in [1.82, 2.24) is 24.6 Å². The Hall–Kier alpha value is -3.87. The third-order valence-electron chi connectivity index (χ3n) is 5.21. The zero-order chi connectivity index (χ0) is 19.8. The molecular formula is C22H20N6O. The molecule has 0 bridgehead atoms. The summed E-state index contributed by atoms with van der Waals surface area (Å²) >= 11 is 0. The van der Waals surface area contributed by atoms with Gasteiger partial charge >= 0.3 is 6.03 Å². The number of imidazole rings is 1. The fourth-order valence-corrected chi connectivity index (χ4v) is 3.85. The van der Waals surface area contributed by atoms with E-state index in [1.165, 1.54) is 11.1 Å². The number of urea groups is 1. The summed E-state index contributed by atoms with van der Waals surface area (Å²) in [5.74, 6) is 0. The predicted molar refractivity (Wildman–Crippen MR) is 111 cm³/mol. The van der Waals surface area contributed by atoms with Crippen LogP contribution in [0.4, 0.5) is 10.5 Å². The topological polar surface area (TPSA) is 76.8 Å². The number of carbonyl (C=O) groups excluding carboxylic acids is 1. The van der Waals surface area contributed by atoms with Crippen LogP contribution in [0.5, 0.6) is 0 Å². The summed E-state index contributed by atoms with van der Waals surface area (Å²) in [4.78, 5) is 16.8. The van der Waals surface area contributed by atoms with Crippen LogP contribution >= 0.6 is 0 Å². The number of amides is 2. The van der Waals surface area contributed by atoms with E-state index < -0.39 is 0 Å². The van der Waals surface area contributed by atoms with E-state index >= 15 is 0 Å². The molecule has 0 fully saturated rings. The molecule has 0 saturated heterocycles. The van der Waals surface area contributed by atoms with Crippen LogP contribution in [-0.2, 0) is 7.05 Å². The molecule has 5 rings (SSSR count). The number of aromatic nitrogens is 4. The molecule has 1 aliphatic rings. The van der Waals surface area contributed by atoms with Crippen LogP contribution in [-0.4, -0.2) is 31.9 Å². The van der Waals surface area contributed by atoms with Gasteiger partial charge in [0.15, 0.2) is 0 Å².